The third kappa shape index (κ3) is 5.37. The Morgan fingerprint density at radius 1 is 1.14 bits per heavy atom. The van der Waals surface area contributed by atoms with E-state index in [1.165, 1.54) is 0 Å². The fourth-order valence-electron chi connectivity index (χ4n) is 2.84. The number of benzene rings is 1. The van der Waals surface area contributed by atoms with Gasteiger partial charge >= 0.3 is 5.97 Å². The molecule has 5 nitrogen and oxygen atoms in total. The van der Waals surface area contributed by atoms with E-state index in [0.717, 1.165) is 11.3 Å². The fourth-order valence-corrected chi connectivity index (χ4v) is 3.40. The van der Waals surface area contributed by atoms with E-state index < -0.39 is 37.1 Å². The molecule has 2 rings (SSSR count). The molecule has 1 aliphatic heterocycles. The van der Waals surface area contributed by atoms with Gasteiger partial charge in [0.1, 0.15) is 25.5 Å². The Balaban J connectivity index is 2.62. The van der Waals surface area contributed by atoms with E-state index in [4.69, 9.17) is 18.9 Å². The van der Waals surface area contributed by atoms with Gasteiger partial charge in [-0.05, 0) is 52.3 Å². The lowest BCUT2D eigenvalue weighted by Gasteiger charge is -2.30. The van der Waals surface area contributed by atoms with Crippen LogP contribution in [-0.2, 0) is 19.0 Å². The van der Waals surface area contributed by atoms with Crippen LogP contribution in [0.5, 0.6) is 5.75 Å². The van der Waals surface area contributed by atoms with E-state index in [2.05, 4.69) is 31.1 Å². The van der Waals surface area contributed by atoms with Gasteiger partial charge in [0.2, 0.25) is 0 Å². The van der Waals surface area contributed by atoms with Crippen molar-refractivity contribution in [2.75, 3.05) is 7.11 Å². The van der Waals surface area contributed by atoms with Crippen molar-refractivity contribution in [3.8, 4) is 17.2 Å². The number of ether oxygens (including phenoxy) is 4. The molecule has 0 unspecified atom stereocenters. The number of carbonyl (C=O) groups excluding carboxylic acids is 1. The van der Waals surface area contributed by atoms with E-state index in [0.29, 0.717) is 0 Å². The average Bonchev–Trinajstić information content (AvgIpc) is 2.83. The van der Waals surface area contributed by atoms with Gasteiger partial charge in [0.15, 0.2) is 5.79 Å². The first-order valence-electron chi connectivity index (χ1n) is 9.47. The highest BCUT2D eigenvalue weighted by Crippen LogP contribution is 2.47. The summed E-state index contributed by atoms with van der Waals surface area (Å²) in [5.74, 6) is 2.35. The van der Waals surface area contributed by atoms with Crippen molar-refractivity contribution in [2.24, 2.45) is 0 Å². The topological polar surface area (TPSA) is 54.0 Å². The summed E-state index contributed by atoms with van der Waals surface area (Å²) in [5.41, 5.74) is 1.86. The molecule has 2 atom stereocenters. The van der Waals surface area contributed by atoms with Crippen LogP contribution < -0.4 is 4.74 Å². The van der Waals surface area contributed by atoms with Crippen molar-refractivity contribution >= 4 is 14.0 Å². The number of esters is 1. The lowest BCUT2D eigenvalue weighted by molar-refractivity contribution is -0.188. The number of methoxy groups -OCH3 is 1. The quantitative estimate of drug-likeness (QED) is 0.422. The van der Waals surface area contributed by atoms with Crippen molar-refractivity contribution in [1.29, 1.82) is 0 Å². The Bertz CT molecular complexity index is 774. The minimum atomic E-state index is -1.79. The van der Waals surface area contributed by atoms with E-state index in [-0.39, 0.29) is 0 Å². The molecule has 0 bridgehead atoms. The normalized spacial score (nSPS) is 24.2. The lowest BCUT2D eigenvalue weighted by Crippen LogP contribution is -2.47. The zero-order valence-electron chi connectivity index (χ0n) is 18.4. The first kappa shape index (κ1) is 22.5. The summed E-state index contributed by atoms with van der Waals surface area (Å²) in [6.45, 7) is 15.4. The monoisotopic (exact) mass is 404 g/mol. The van der Waals surface area contributed by atoms with Gasteiger partial charge in [-0.15, -0.1) is 5.54 Å². The van der Waals surface area contributed by atoms with Gasteiger partial charge in [-0.25, -0.2) is 4.79 Å². The smallest absolute Gasteiger partial charge is 0.355 e. The van der Waals surface area contributed by atoms with Crippen LogP contribution >= 0.6 is 0 Å². The molecule has 28 heavy (non-hydrogen) atoms. The SMILES string of the molecule is COc1ccc([C@H]2OC(C)(C)O[C@]2(C#C[Si](C)(C)C)C(=O)OC(C)(C)C)cc1. The van der Waals surface area contributed by atoms with Gasteiger partial charge in [-0.1, -0.05) is 37.7 Å². The Hall–Kier alpha value is -1.81. The molecule has 0 saturated carbocycles. The molecule has 0 N–H and O–H groups in total. The summed E-state index contributed by atoms with van der Waals surface area (Å²) in [7, 11) is -0.183. The van der Waals surface area contributed by atoms with Crippen LogP contribution in [0.15, 0.2) is 24.3 Å². The number of hydrogen-bond donors (Lipinski definition) is 0. The summed E-state index contributed by atoms with van der Waals surface area (Å²) in [6, 6.07) is 7.39. The Kier molecular flexibility index (Phi) is 6.06. The van der Waals surface area contributed by atoms with Gasteiger partial charge in [-0.3, -0.25) is 0 Å². The van der Waals surface area contributed by atoms with Crippen molar-refractivity contribution in [3.05, 3.63) is 29.8 Å². The molecule has 0 aromatic heterocycles. The molecule has 1 saturated heterocycles. The van der Waals surface area contributed by atoms with E-state index >= 15 is 0 Å². The van der Waals surface area contributed by atoms with E-state index in [1.807, 2.05) is 45.0 Å². The molecule has 1 aromatic carbocycles. The van der Waals surface area contributed by atoms with Gasteiger partial charge in [0.05, 0.1) is 7.11 Å². The summed E-state index contributed by atoms with van der Waals surface area (Å²) in [4.78, 5) is 13.4. The molecule has 0 radical (unpaired) electrons. The second kappa shape index (κ2) is 7.55. The maximum absolute atomic E-state index is 13.4. The van der Waals surface area contributed by atoms with Crippen LogP contribution in [-0.4, -0.2) is 38.1 Å². The van der Waals surface area contributed by atoms with Gasteiger partial charge < -0.3 is 18.9 Å². The maximum atomic E-state index is 13.4. The van der Waals surface area contributed by atoms with Crippen molar-refractivity contribution in [1.82, 2.24) is 0 Å². The molecule has 0 spiro atoms. The largest absolute Gasteiger partial charge is 0.497 e. The molecule has 1 aromatic rings. The molecule has 6 heteroatoms. The standard InChI is InChI=1S/C22H32O5Si/c1-20(2,3)26-19(23)22(14-15-28(7,8)9)18(25-21(4,5)27-22)16-10-12-17(24-6)13-11-16/h10-13,18H,1-9H3/t18-,22+/m1/s1. The van der Waals surface area contributed by atoms with Crippen LogP contribution in [0, 0.1) is 11.5 Å². The third-order valence-corrected chi connectivity index (χ3v) is 4.80. The number of carbonyl (C=O) groups is 1. The predicted molar refractivity (Wildman–Crippen MR) is 112 cm³/mol. The molecule has 1 heterocycles. The Morgan fingerprint density at radius 2 is 1.71 bits per heavy atom. The van der Waals surface area contributed by atoms with Crippen LogP contribution in [0.3, 0.4) is 0 Å². The van der Waals surface area contributed by atoms with Crippen molar-refractivity contribution in [3.63, 3.8) is 0 Å². The zero-order chi connectivity index (χ0) is 21.4. The Labute approximate surface area is 169 Å². The zero-order valence-corrected chi connectivity index (χ0v) is 19.4. The summed E-state index contributed by atoms with van der Waals surface area (Å²) in [6.07, 6.45) is -0.716. The molecular weight excluding hydrogens is 372 g/mol. The van der Waals surface area contributed by atoms with Gasteiger partial charge in [0, 0.05) is 0 Å². The predicted octanol–water partition coefficient (Wildman–Crippen LogP) is 4.48. The second-order valence-electron chi connectivity index (χ2n) is 9.51. The molecule has 154 valence electrons. The number of rotatable bonds is 3. The minimum absolute atomic E-state index is 0.530. The van der Waals surface area contributed by atoms with Gasteiger partial charge in [-0.2, -0.15) is 0 Å². The highest BCUT2D eigenvalue weighted by Gasteiger charge is 2.60. The first-order valence-corrected chi connectivity index (χ1v) is 13.0. The fraction of sp³-hybridized carbons (Fsp3) is 0.591. The molecule has 0 amide bonds. The van der Waals surface area contributed by atoms with Crippen LogP contribution in [0.2, 0.25) is 19.6 Å². The summed E-state index contributed by atoms with van der Waals surface area (Å²) in [5, 5.41) is 0. The number of hydrogen-bond acceptors (Lipinski definition) is 5. The molecule has 1 fully saturated rings. The maximum Gasteiger partial charge on any atom is 0.355 e. The van der Waals surface area contributed by atoms with Crippen LogP contribution in [0.25, 0.3) is 0 Å². The highest BCUT2D eigenvalue weighted by atomic mass is 28.3. The van der Waals surface area contributed by atoms with E-state index in [1.54, 1.807) is 21.0 Å². The average molecular weight is 405 g/mol. The highest BCUT2D eigenvalue weighted by molar-refractivity contribution is 6.83. The summed E-state index contributed by atoms with van der Waals surface area (Å²) < 4.78 is 23.3. The van der Waals surface area contributed by atoms with Crippen molar-refractivity contribution < 1.29 is 23.7 Å². The molecular formula is C22H32O5Si. The van der Waals surface area contributed by atoms with Crippen LogP contribution in [0.4, 0.5) is 0 Å². The second-order valence-corrected chi connectivity index (χ2v) is 14.3. The first-order chi connectivity index (χ1) is 12.7. The lowest BCUT2D eigenvalue weighted by atomic mass is 9.91. The van der Waals surface area contributed by atoms with Gasteiger partial charge in [0.25, 0.3) is 5.60 Å². The molecule has 0 aliphatic carbocycles. The summed E-state index contributed by atoms with van der Waals surface area (Å²) >= 11 is 0. The van der Waals surface area contributed by atoms with E-state index in [9.17, 15) is 4.79 Å². The Morgan fingerprint density at radius 3 is 2.18 bits per heavy atom. The van der Waals surface area contributed by atoms with Crippen LogP contribution in [0.1, 0.15) is 46.3 Å². The molecule has 1 aliphatic rings. The third-order valence-electron chi connectivity index (χ3n) is 3.92. The van der Waals surface area contributed by atoms with Crippen molar-refractivity contribution in [2.45, 2.75) is 77.4 Å². The minimum Gasteiger partial charge on any atom is -0.497 e.